The average molecular weight is 512 g/mol. The summed E-state index contributed by atoms with van der Waals surface area (Å²) in [5.74, 6) is -0.588. The predicted octanol–water partition coefficient (Wildman–Crippen LogP) is 5.95. The molecule has 0 amide bonds. The van der Waals surface area contributed by atoms with Crippen LogP contribution in [-0.2, 0) is 22.2 Å². The van der Waals surface area contributed by atoms with Gasteiger partial charge in [-0.25, -0.2) is 8.42 Å². The lowest BCUT2D eigenvalue weighted by Gasteiger charge is -2.20. The fourth-order valence-electron chi connectivity index (χ4n) is 2.60. The van der Waals surface area contributed by atoms with Gasteiger partial charge in [-0.1, -0.05) is 11.6 Å². The minimum atomic E-state index is -5.11. The van der Waals surface area contributed by atoms with Crippen LogP contribution in [0.2, 0.25) is 5.02 Å². The minimum Gasteiger partial charge on any atom is -0.368 e. The van der Waals surface area contributed by atoms with Crippen LogP contribution < -0.4 is 10.6 Å². The molecule has 0 unspecified atom stereocenters. The van der Waals surface area contributed by atoms with Gasteiger partial charge in [0.2, 0.25) is 9.84 Å². The highest BCUT2D eigenvalue weighted by atomic mass is 35.5. The molecule has 33 heavy (non-hydrogen) atoms. The first kappa shape index (κ1) is 26.3. The van der Waals surface area contributed by atoms with Gasteiger partial charge in [-0.05, 0) is 56.3 Å². The molecule has 2 N–H and O–H groups in total. The summed E-state index contributed by atoms with van der Waals surface area (Å²) in [5, 5.41) is 14.5. The van der Waals surface area contributed by atoms with E-state index in [0.29, 0.717) is 12.1 Å². The number of allylic oxidation sites excluding steroid dienone is 1. The first-order valence-corrected chi connectivity index (χ1v) is 10.9. The van der Waals surface area contributed by atoms with Gasteiger partial charge in [0.05, 0.1) is 16.0 Å². The number of nitrogens with zero attached hydrogens (tertiary/aromatic N) is 1. The number of halogens is 7. The largest absolute Gasteiger partial charge is 0.416 e. The molecule has 178 valence electrons. The molecule has 2 aromatic carbocycles. The molecule has 0 bridgehead atoms. The van der Waals surface area contributed by atoms with Gasteiger partial charge in [-0.3, -0.25) is 0 Å². The van der Waals surface area contributed by atoms with Crippen molar-refractivity contribution in [3.8, 4) is 6.07 Å². The quantitative estimate of drug-likeness (QED) is 0.370. The summed E-state index contributed by atoms with van der Waals surface area (Å²) in [5.41, 5.74) is -3.94. The summed E-state index contributed by atoms with van der Waals surface area (Å²) in [6.45, 7) is 3.05. The summed E-state index contributed by atoms with van der Waals surface area (Å²) >= 11 is 5.74. The van der Waals surface area contributed by atoms with E-state index >= 15 is 0 Å². The van der Waals surface area contributed by atoms with Crippen LogP contribution >= 0.6 is 11.6 Å². The van der Waals surface area contributed by atoms with Crippen molar-refractivity contribution < 1.29 is 34.8 Å². The maximum atomic E-state index is 13.2. The molecule has 13 heteroatoms. The standard InChI is InChI=1S/C20H16ClF6N3O2S/c1-11(2)29-18(17(10-28)33(31,32)16-5-3-14(21)4-6-16)30-15-8-12(19(22,23)24)7-13(9-15)20(25,26)27/h3-9,11,29-30H,1-2H3/b18-17-. The van der Waals surface area contributed by atoms with Crippen LogP contribution in [-0.4, -0.2) is 14.5 Å². The van der Waals surface area contributed by atoms with Gasteiger partial charge < -0.3 is 10.6 Å². The van der Waals surface area contributed by atoms with Crippen LogP contribution in [0, 0.1) is 11.3 Å². The Morgan fingerprint density at radius 2 is 1.45 bits per heavy atom. The molecule has 0 heterocycles. The minimum absolute atomic E-state index is 0.0693. The van der Waals surface area contributed by atoms with E-state index in [4.69, 9.17) is 11.6 Å². The SMILES string of the molecule is CC(C)N/C(Nc1cc(C(F)(F)F)cc(C(F)(F)F)c1)=C(\C#N)S(=O)(=O)c1ccc(Cl)cc1. The van der Waals surface area contributed by atoms with Crippen LogP contribution in [0.4, 0.5) is 32.0 Å². The Morgan fingerprint density at radius 1 is 0.970 bits per heavy atom. The highest BCUT2D eigenvalue weighted by Gasteiger charge is 2.37. The van der Waals surface area contributed by atoms with Crippen molar-refractivity contribution >= 4 is 27.1 Å². The van der Waals surface area contributed by atoms with Crippen LogP contribution in [0.5, 0.6) is 0 Å². The summed E-state index contributed by atoms with van der Waals surface area (Å²) < 4.78 is 105. The van der Waals surface area contributed by atoms with Crippen molar-refractivity contribution in [2.24, 2.45) is 0 Å². The summed E-state index contributed by atoms with van der Waals surface area (Å²) in [6.07, 6.45) is -10.2. The maximum Gasteiger partial charge on any atom is 0.416 e. The second kappa shape index (κ2) is 9.52. The first-order valence-electron chi connectivity index (χ1n) is 9.03. The van der Waals surface area contributed by atoms with Crippen LogP contribution in [0.1, 0.15) is 25.0 Å². The Hall–Kier alpha value is -2.91. The third-order valence-corrected chi connectivity index (χ3v) is 5.99. The van der Waals surface area contributed by atoms with Gasteiger partial charge in [-0.15, -0.1) is 0 Å². The molecule has 0 spiro atoms. The number of benzene rings is 2. The number of rotatable bonds is 6. The molecule has 2 aromatic rings. The maximum absolute atomic E-state index is 13.2. The van der Waals surface area contributed by atoms with E-state index in [9.17, 15) is 40.0 Å². The zero-order valence-electron chi connectivity index (χ0n) is 16.9. The van der Waals surface area contributed by atoms with E-state index in [1.165, 1.54) is 32.0 Å². The molecular weight excluding hydrogens is 496 g/mol. The normalized spacial score (nSPS) is 13.4. The van der Waals surface area contributed by atoms with Gasteiger partial charge in [0.1, 0.15) is 11.9 Å². The second-order valence-electron chi connectivity index (χ2n) is 6.99. The summed E-state index contributed by atoms with van der Waals surface area (Å²) in [7, 11) is -4.52. The molecule has 0 aliphatic carbocycles. The van der Waals surface area contributed by atoms with Crippen molar-refractivity contribution in [1.29, 1.82) is 5.26 Å². The van der Waals surface area contributed by atoms with Crippen LogP contribution in [0.25, 0.3) is 0 Å². The molecule has 0 radical (unpaired) electrons. The Bertz CT molecular complexity index is 1170. The number of hydrogen-bond acceptors (Lipinski definition) is 5. The third kappa shape index (κ3) is 6.55. The van der Waals surface area contributed by atoms with Gasteiger partial charge in [0, 0.05) is 16.8 Å². The van der Waals surface area contributed by atoms with Crippen LogP contribution in [0.15, 0.2) is 58.1 Å². The van der Waals surface area contributed by atoms with Crippen molar-refractivity contribution in [2.75, 3.05) is 5.32 Å². The zero-order valence-corrected chi connectivity index (χ0v) is 18.5. The molecule has 5 nitrogen and oxygen atoms in total. The first-order chi connectivity index (χ1) is 15.1. The Kier molecular flexibility index (Phi) is 7.60. The van der Waals surface area contributed by atoms with Gasteiger partial charge in [0.15, 0.2) is 4.91 Å². The van der Waals surface area contributed by atoms with E-state index in [0.717, 1.165) is 12.1 Å². The Balaban J connectivity index is 2.71. The Morgan fingerprint density at radius 3 is 1.85 bits per heavy atom. The molecule has 0 atom stereocenters. The highest BCUT2D eigenvalue weighted by molar-refractivity contribution is 7.95. The lowest BCUT2D eigenvalue weighted by Crippen LogP contribution is -2.30. The smallest absolute Gasteiger partial charge is 0.368 e. The molecule has 0 fully saturated rings. The molecule has 0 aliphatic heterocycles. The predicted molar refractivity (Wildman–Crippen MR) is 110 cm³/mol. The highest BCUT2D eigenvalue weighted by Crippen LogP contribution is 2.38. The van der Waals surface area contributed by atoms with Crippen molar-refractivity contribution in [3.63, 3.8) is 0 Å². The topological polar surface area (TPSA) is 82.0 Å². The molecule has 0 saturated heterocycles. The number of nitrogens with one attached hydrogen (secondary N) is 2. The molecule has 0 aliphatic rings. The lowest BCUT2D eigenvalue weighted by atomic mass is 10.1. The summed E-state index contributed by atoms with van der Waals surface area (Å²) in [6, 6.07) is 6.29. The average Bonchev–Trinajstić information content (AvgIpc) is 2.66. The fraction of sp³-hybridized carbons (Fsp3) is 0.250. The van der Waals surface area contributed by atoms with Crippen LogP contribution in [0.3, 0.4) is 0 Å². The fourth-order valence-corrected chi connectivity index (χ4v) is 3.96. The number of sulfone groups is 1. The zero-order chi connectivity index (χ0) is 25.2. The van der Waals surface area contributed by atoms with E-state index < -0.39 is 55.8 Å². The van der Waals surface area contributed by atoms with Crippen molar-refractivity contribution in [1.82, 2.24) is 5.32 Å². The third-order valence-electron chi connectivity index (χ3n) is 4.01. The molecule has 0 saturated carbocycles. The Labute approximate surface area is 190 Å². The number of alkyl halides is 6. The van der Waals surface area contributed by atoms with Crippen molar-refractivity contribution in [3.05, 3.63) is 69.3 Å². The van der Waals surface area contributed by atoms with E-state index in [-0.39, 0.29) is 16.0 Å². The molecule has 2 rings (SSSR count). The number of hydrogen-bond donors (Lipinski definition) is 2. The van der Waals surface area contributed by atoms with Gasteiger partial charge >= 0.3 is 12.4 Å². The van der Waals surface area contributed by atoms with Gasteiger partial charge in [-0.2, -0.15) is 31.6 Å². The summed E-state index contributed by atoms with van der Waals surface area (Å²) in [4.78, 5) is -1.29. The lowest BCUT2D eigenvalue weighted by molar-refractivity contribution is -0.143. The second-order valence-corrected chi connectivity index (χ2v) is 9.31. The van der Waals surface area contributed by atoms with E-state index in [1.54, 1.807) is 0 Å². The number of nitriles is 1. The van der Waals surface area contributed by atoms with Crippen molar-refractivity contribution in [2.45, 2.75) is 37.1 Å². The van der Waals surface area contributed by atoms with Gasteiger partial charge in [0.25, 0.3) is 0 Å². The van der Waals surface area contributed by atoms with E-state index in [2.05, 4.69) is 10.6 Å². The molecular formula is C20H16ClF6N3O2S. The van der Waals surface area contributed by atoms with E-state index in [1.807, 2.05) is 0 Å². The monoisotopic (exact) mass is 511 g/mol. The number of anilines is 1. The molecule has 0 aromatic heterocycles.